The van der Waals surface area contributed by atoms with Crippen molar-refractivity contribution in [2.75, 3.05) is 19.6 Å². The van der Waals surface area contributed by atoms with Crippen molar-refractivity contribution in [2.45, 2.75) is 32.6 Å². The number of hydrogen-bond donors (Lipinski definition) is 4. The quantitative estimate of drug-likeness (QED) is 0.426. The van der Waals surface area contributed by atoms with Gasteiger partial charge in [0.05, 0.1) is 13.1 Å². The van der Waals surface area contributed by atoms with Crippen LogP contribution >= 0.6 is 0 Å². The minimum Gasteiger partial charge on any atom is -0.481 e. The monoisotopic (exact) mass is 273 g/mol. The van der Waals surface area contributed by atoms with Gasteiger partial charge in [-0.2, -0.15) is 0 Å². The predicted molar refractivity (Wildman–Crippen MR) is 70.3 cm³/mol. The van der Waals surface area contributed by atoms with Gasteiger partial charge in [0.1, 0.15) is 0 Å². The fraction of sp³-hybridized carbons (Fsp3) is 0.750. The van der Waals surface area contributed by atoms with Gasteiger partial charge >= 0.3 is 5.97 Å². The SMILES string of the molecule is CCC(CCNC(=O)CNC(=O)CN)CCC(=O)O. The van der Waals surface area contributed by atoms with Gasteiger partial charge in [-0.3, -0.25) is 14.4 Å². The van der Waals surface area contributed by atoms with E-state index in [1.54, 1.807) is 0 Å². The molecule has 0 saturated carbocycles. The van der Waals surface area contributed by atoms with E-state index in [2.05, 4.69) is 10.6 Å². The first-order chi connectivity index (χ1) is 8.99. The molecule has 5 N–H and O–H groups in total. The van der Waals surface area contributed by atoms with E-state index in [0.717, 1.165) is 12.8 Å². The second kappa shape index (κ2) is 10.3. The van der Waals surface area contributed by atoms with E-state index in [-0.39, 0.29) is 37.2 Å². The summed E-state index contributed by atoms with van der Waals surface area (Å²) in [6.07, 6.45) is 2.39. The number of amides is 2. The van der Waals surface area contributed by atoms with Gasteiger partial charge in [-0.1, -0.05) is 13.3 Å². The fourth-order valence-corrected chi connectivity index (χ4v) is 1.61. The zero-order valence-corrected chi connectivity index (χ0v) is 11.3. The van der Waals surface area contributed by atoms with Crippen LogP contribution in [0.2, 0.25) is 0 Å². The van der Waals surface area contributed by atoms with E-state index in [1.807, 2.05) is 6.92 Å². The average molecular weight is 273 g/mol. The van der Waals surface area contributed by atoms with Crippen LogP contribution in [-0.4, -0.2) is 42.5 Å². The number of carbonyl (C=O) groups is 3. The highest BCUT2D eigenvalue weighted by Gasteiger charge is 2.10. The van der Waals surface area contributed by atoms with E-state index in [1.165, 1.54) is 0 Å². The zero-order chi connectivity index (χ0) is 14.7. The molecule has 0 fully saturated rings. The lowest BCUT2D eigenvalue weighted by atomic mass is 9.97. The Morgan fingerprint density at radius 2 is 1.84 bits per heavy atom. The van der Waals surface area contributed by atoms with Gasteiger partial charge in [0.15, 0.2) is 0 Å². The number of aliphatic carboxylic acids is 1. The predicted octanol–water partition coefficient (Wildman–Crippen LogP) is -0.541. The molecule has 110 valence electrons. The molecule has 0 aromatic heterocycles. The van der Waals surface area contributed by atoms with Crippen LogP contribution in [0.5, 0.6) is 0 Å². The lowest BCUT2D eigenvalue weighted by Crippen LogP contribution is -2.39. The van der Waals surface area contributed by atoms with Crippen LogP contribution in [0.15, 0.2) is 0 Å². The summed E-state index contributed by atoms with van der Waals surface area (Å²) in [7, 11) is 0. The molecular formula is C12H23N3O4. The van der Waals surface area contributed by atoms with Crippen LogP contribution in [0.1, 0.15) is 32.6 Å². The van der Waals surface area contributed by atoms with Gasteiger partial charge in [-0.25, -0.2) is 0 Å². The minimum absolute atomic E-state index is 0.0814. The number of carbonyl (C=O) groups excluding carboxylic acids is 2. The Kier molecular flexibility index (Phi) is 9.42. The van der Waals surface area contributed by atoms with Crippen LogP contribution in [0.3, 0.4) is 0 Å². The molecule has 0 aromatic carbocycles. The molecule has 7 heteroatoms. The van der Waals surface area contributed by atoms with Crippen LogP contribution in [-0.2, 0) is 14.4 Å². The number of carboxylic acids is 1. The molecule has 7 nitrogen and oxygen atoms in total. The summed E-state index contributed by atoms with van der Waals surface area (Å²) >= 11 is 0. The number of carboxylic acid groups (broad SMARTS) is 1. The summed E-state index contributed by atoms with van der Waals surface area (Å²) in [6.45, 7) is 2.26. The second-order valence-electron chi connectivity index (χ2n) is 4.33. The van der Waals surface area contributed by atoms with E-state index in [9.17, 15) is 14.4 Å². The molecule has 2 amide bonds. The van der Waals surface area contributed by atoms with Gasteiger partial charge in [-0.05, 0) is 18.8 Å². The molecule has 0 aromatic rings. The topological polar surface area (TPSA) is 122 Å². The minimum atomic E-state index is -0.799. The normalized spacial score (nSPS) is 11.7. The molecule has 0 radical (unpaired) electrons. The van der Waals surface area contributed by atoms with Crippen molar-refractivity contribution in [1.82, 2.24) is 10.6 Å². The van der Waals surface area contributed by atoms with Gasteiger partial charge in [0, 0.05) is 13.0 Å². The molecule has 1 atom stereocenters. The molecule has 0 heterocycles. The van der Waals surface area contributed by atoms with Crippen molar-refractivity contribution in [1.29, 1.82) is 0 Å². The van der Waals surface area contributed by atoms with Crippen molar-refractivity contribution >= 4 is 17.8 Å². The maximum Gasteiger partial charge on any atom is 0.303 e. The van der Waals surface area contributed by atoms with E-state index < -0.39 is 5.97 Å². The number of hydrogen-bond acceptors (Lipinski definition) is 4. The molecule has 0 aliphatic heterocycles. The van der Waals surface area contributed by atoms with Crippen molar-refractivity contribution in [3.63, 3.8) is 0 Å². The fourth-order valence-electron chi connectivity index (χ4n) is 1.61. The third kappa shape index (κ3) is 10.0. The third-order valence-corrected chi connectivity index (χ3v) is 2.85. The van der Waals surface area contributed by atoms with E-state index in [0.29, 0.717) is 13.0 Å². The van der Waals surface area contributed by atoms with Gasteiger partial charge in [0.2, 0.25) is 11.8 Å². The second-order valence-corrected chi connectivity index (χ2v) is 4.33. The highest BCUT2D eigenvalue weighted by atomic mass is 16.4. The Balaban J connectivity index is 3.71. The van der Waals surface area contributed by atoms with Crippen LogP contribution in [0.25, 0.3) is 0 Å². The first-order valence-electron chi connectivity index (χ1n) is 6.44. The summed E-state index contributed by atoms with van der Waals surface area (Å²) in [5.41, 5.74) is 5.08. The molecule has 0 spiro atoms. The van der Waals surface area contributed by atoms with Crippen LogP contribution in [0, 0.1) is 5.92 Å². The Bertz CT molecular complexity index is 307. The summed E-state index contributed by atoms with van der Waals surface area (Å²) in [4.78, 5) is 32.6. The lowest BCUT2D eigenvalue weighted by molar-refractivity contribution is -0.137. The standard InChI is InChI=1S/C12H23N3O4/c1-2-9(3-4-12(18)19)5-6-14-11(17)8-15-10(16)7-13/h9H,2-8,13H2,1H3,(H,14,17)(H,15,16)(H,18,19). The molecule has 0 rings (SSSR count). The molecule has 1 unspecified atom stereocenters. The largest absolute Gasteiger partial charge is 0.481 e. The lowest BCUT2D eigenvalue weighted by Gasteiger charge is -2.14. The molecular weight excluding hydrogens is 250 g/mol. The Morgan fingerprint density at radius 1 is 1.16 bits per heavy atom. The first kappa shape index (κ1) is 17.4. The van der Waals surface area contributed by atoms with E-state index in [4.69, 9.17) is 10.8 Å². The summed E-state index contributed by atoms with van der Waals surface area (Å²) < 4.78 is 0. The molecule has 19 heavy (non-hydrogen) atoms. The van der Waals surface area contributed by atoms with Gasteiger partial charge in [0.25, 0.3) is 0 Å². The smallest absolute Gasteiger partial charge is 0.303 e. The van der Waals surface area contributed by atoms with Gasteiger partial charge in [-0.15, -0.1) is 0 Å². The summed E-state index contributed by atoms with van der Waals surface area (Å²) in [5, 5.41) is 13.6. The number of rotatable bonds is 10. The molecule has 0 aliphatic rings. The number of nitrogens with two attached hydrogens (primary N) is 1. The van der Waals surface area contributed by atoms with Crippen molar-refractivity contribution in [2.24, 2.45) is 11.7 Å². The Hall–Kier alpha value is -1.63. The maximum absolute atomic E-state index is 11.3. The van der Waals surface area contributed by atoms with E-state index >= 15 is 0 Å². The molecule has 0 bridgehead atoms. The highest BCUT2D eigenvalue weighted by molar-refractivity contribution is 5.85. The molecule has 0 saturated heterocycles. The average Bonchev–Trinajstić information content (AvgIpc) is 2.39. The first-order valence-corrected chi connectivity index (χ1v) is 6.44. The zero-order valence-electron chi connectivity index (χ0n) is 11.3. The Labute approximate surface area is 112 Å². The number of nitrogens with one attached hydrogen (secondary N) is 2. The maximum atomic E-state index is 11.3. The van der Waals surface area contributed by atoms with Crippen molar-refractivity contribution in [3.8, 4) is 0 Å². The van der Waals surface area contributed by atoms with Crippen molar-refractivity contribution in [3.05, 3.63) is 0 Å². The van der Waals surface area contributed by atoms with Crippen LogP contribution < -0.4 is 16.4 Å². The summed E-state index contributed by atoms with van der Waals surface area (Å²) in [5.74, 6) is -1.15. The summed E-state index contributed by atoms with van der Waals surface area (Å²) in [6, 6.07) is 0. The highest BCUT2D eigenvalue weighted by Crippen LogP contribution is 2.14. The third-order valence-electron chi connectivity index (χ3n) is 2.85. The Morgan fingerprint density at radius 3 is 2.37 bits per heavy atom. The van der Waals surface area contributed by atoms with Gasteiger partial charge < -0.3 is 21.5 Å². The van der Waals surface area contributed by atoms with Crippen LogP contribution in [0.4, 0.5) is 0 Å². The molecule has 0 aliphatic carbocycles. The van der Waals surface area contributed by atoms with Crippen molar-refractivity contribution < 1.29 is 19.5 Å².